The van der Waals surface area contributed by atoms with Crippen LogP contribution in [0.4, 0.5) is 13.2 Å². The summed E-state index contributed by atoms with van der Waals surface area (Å²) in [7, 11) is 3.12. The molecule has 1 N–H and O–H groups in total. The van der Waals surface area contributed by atoms with Gasteiger partial charge in [0.1, 0.15) is 5.75 Å². The number of halogens is 4. The van der Waals surface area contributed by atoms with E-state index in [0.717, 1.165) is 23.8 Å². The number of alkyl halides is 3. The lowest BCUT2D eigenvalue weighted by molar-refractivity contribution is -0.141. The Morgan fingerprint density at radius 3 is 2.61 bits per heavy atom. The van der Waals surface area contributed by atoms with E-state index in [2.05, 4.69) is 10.4 Å². The highest BCUT2D eigenvalue weighted by Gasteiger charge is 2.34. The summed E-state index contributed by atoms with van der Waals surface area (Å²) >= 11 is 0. The van der Waals surface area contributed by atoms with E-state index in [1.165, 1.54) is 11.7 Å². The van der Waals surface area contributed by atoms with Gasteiger partial charge in [0, 0.05) is 13.6 Å². The molecule has 0 atom stereocenters. The molecular formula is C15H19ClF3N3O. The molecule has 8 heteroatoms. The van der Waals surface area contributed by atoms with Gasteiger partial charge in [-0.3, -0.25) is 4.68 Å². The zero-order valence-electron chi connectivity index (χ0n) is 12.9. The zero-order valence-corrected chi connectivity index (χ0v) is 13.7. The number of rotatable bonds is 6. The maximum Gasteiger partial charge on any atom is 0.435 e. The quantitative estimate of drug-likeness (QED) is 0.814. The first-order chi connectivity index (χ1) is 10.4. The number of nitrogens with one attached hydrogen (secondary N) is 1. The number of aryl methyl sites for hydroxylation is 1. The van der Waals surface area contributed by atoms with Gasteiger partial charge in [0.2, 0.25) is 0 Å². The Hall–Kier alpha value is -1.73. The Morgan fingerprint density at radius 1 is 1.26 bits per heavy atom. The molecule has 23 heavy (non-hydrogen) atoms. The van der Waals surface area contributed by atoms with Crippen molar-refractivity contribution in [2.75, 3.05) is 13.7 Å². The van der Waals surface area contributed by atoms with Crippen LogP contribution in [0.25, 0.3) is 0 Å². The third kappa shape index (κ3) is 5.44. The number of nitrogens with zero attached hydrogens (tertiary/aromatic N) is 2. The molecule has 1 heterocycles. The fraction of sp³-hybridized carbons (Fsp3) is 0.400. The van der Waals surface area contributed by atoms with Gasteiger partial charge in [0.25, 0.3) is 0 Å². The molecular weight excluding hydrogens is 331 g/mol. The van der Waals surface area contributed by atoms with Crippen LogP contribution in [-0.4, -0.2) is 23.4 Å². The van der Waals surface area contributed by atoms with Crippen molar-refractivity contribution in [1.29, 1.82) is 0 Å². The molecule has 1 aromatic carbocycles. The molecule has 0 aliphatic rings. The maximum absolute atomic E-state index is 12.6. The lowest BCUT2D eigenvalue weighted by atomic mass is 10.1. The second-order valence-electron chi connectivity index (χ2n) is 4.92. The summed E-state index contributed by atoms with van der Waals surface area (Å²) in [5.74, 6) is 0.791. The first kappa shape index (κ1) is 19.3. The number of hydrogen-bond donors (Lipinski definition) is 1. The van der Waals surface area contributed by atoms with Crippen LogP contribution in [0, 0.1) is 0 Å². The molecule has 4 nitrogen and oxygen atoms in total. The van der Waals surface area contributed by atoms with Gasteiger partial charge in [-0.1, -0.05) is 12.1 Å². The lowest BCUT2D eigenvalue weighted by Crippen LogP contribution is -2.18. The fourth-order valence-corrected chi connectivity index (χ4v) is 2.09. The van der Waals surface area contributed by atoms with Gasteiger partial charge in [0.15, 0.2) is 5.69 Å². The molecule has 2 aromatic rings. The highest BCUT2D eigenvalue weighted by atomic mass is 35.5. The van der Waals surface area contributed by atoms with Crippen molar-refractivity contribution in [2.45, 2.75) is 19.1 Å². The van der Waals surface area contributed by atoms with E-state index in [-0.39, 0.29) is 12.4 Å². The van der Waals surface area contributed by atoms with Crippen molar-refractivity contribution in [3.63, 3.8) is 0 Å². The average molecular weight is 350 g/mol. The summed E-state index contributed by atoms with van der Waals surface area (Å²) in [5, 5.41) is 6.60. The van der Waals surface area contributed by atoms with Gasteiger partial charge in [0.05, 0.1) is 12.8 Å². The van der Waals surface area contributed by atoms with Gasteiger partial charge in [-0.2, -0.15) is 18.3 Å². The molecule has 0 bridgehead atoms. The fourth-order valence-electron chi connectivity index (χ4n) is 2.09. The maximum atomic E-state index is 12.6. The van der Waals surface area contributed by atoms with Crippen LogP contribution >= 0.6 is 12.4 Å². The minimum absolute atomic E-state index is 0. The number of hydrogen-bond acceptors (Lipinski definition) is 3. The third-order valence-electron chi connectivity index (χ3n) is 3.30. The van der Waals surface area contributed by atoms with Crippen molar-refractivity contribution in [3.8, 4) is 5.75 Å². The van der Waals surface area contributed by atoms with Crippen LogP contribution in [0.2, 0.25) is 0 Å². The molecule has 128 valence electrons. The summed E-state index contributed by atoms with van der Waals surface area (Å²) in [6.07, 6.45) is -3.64. The van der Waals surface area contributed by atoms with Crippen LogP contribution in [0.1, 0.15) is 17.0 Å². The topological polar surface area (TPSA) is 39.1 Å². The largest absolute Gasteiger partial charge is 0.497 e. The molecule has 1 aromatic heterocycles. The SMILES string of the molecule is COc1cccc(CCNCc2cc(C(F)(F)F)nn2C)c1.Cl. The summed E-state index contributed by atoms with van der Waals surface area (Å²) in [5.41, 5.74) is 0.741. The second kappa shape index (κ2) is 8.21. The first-order valence-corrected chi connectivity index (χ1v) is 6.84. The standard InChI is InChI=1S/C15H18F3N3O.ClH/c1-21-12(9-14(20-21)15(16,17)18)10-19-7-6-11-4-3-5-13(8-11)22-2;/h3-5,8-9,19H,6-7,10H2,1-2H3;1H. The van der Waals surface area contributed by atoms with E-state index in [0.29, 0.717) is 18.8 Å². The first-order valence-electron chi connectivity index (χ1n) is 6.84. The summed E-state index contributed by atoms with van der Waals surface area (Å²) in [6, 6.07) is 8.76. The van der Waals surface area contributed by atoms with Crippen molar-refractivity contribution < 1.29 is 17.9 Å². The number of ether oxygens (including phenoxy) is 1. The summed E-state index contributed by atoms with van der Waals surface area (Å²) < 4.78 is 44.1. The summed E-state index contributed by atoms with van der Waals surface area (Å²) in [4.78, 5) is 0. The van der Waals surface area contributed by atoms with E-state index < -0.39 is 11.9 Å². The van der Waals surface area contributed by atoms with Crippen molar-refractivity contribution in [2.24, 2.45) is 7.05 Å². The van der Waals surface area contributed by atoms with E-state index >= 15 is 0 Å². The van der Waals surface area contributed by atoms with E-state index in [9.17, 15) is 13.2 Å². The third-order valence-corrected chi connectivity index (χ3v) is 3.30. The van der Waals surface area contributed by atoms with Crippen molar-refractivity contribution in [3.05, 3.63) is 47.3 Å². The van der Waals surface area contributed by atoms with Crippen LogP contribution in [0.5, 0.6) is 5.75 Å². The molecule has 0 radical (unpaired) electrons. The number of methoxy groups -OCH3 is 1. The van der Waals surface area contributed by atoms with E-state index in [1.807, 2.05) is 24.3 Å². The predicted octanol–water partition coefficient (Wildman–Crippen LogP) is 3.20. The Bertz CT molecular complexity index is 629. The van der Waals surface area contributed by atoms with E-state index in [4.69, 9.17) is 4.74 Å². The molecule has 0 aliphatic carbocycles. The molecule has 2 rings (SSSR count). The molecule has 0 saturated carbocycles. The monoisotopic (exact) mass is 349 g/mol. The lowest BCUT2D eigenvalue weighted by Gasteiger charge is -2.06. The van der Waals surface area contributed by atoms with Gasteiger partial charge < -0.3 is 10.1 Å². The molecule has 0 fully saturated rings. The van der Waals surface area contributed by atoms with Crippen molar-refractivity contribution in [1.82, 2.24) is 15.1 Å². The van der Waals surface area contributed by atoms with Crippen LogP contribution < -0.4 is 10.1 Å². The summed E-state index contributed by atoms with van der Waals surface area (Å²) in [6.45, 7) is 0.989. The predicted molar refractivity (Wildman–Crippen MR) is 83.9 cm³/mol. The Morgan fingerprint density at radius 2 is 2.00 bits per heavy atom. The van der Waals surface area contributed by atoms with Gasteiger partial charge in [-0.25, -0.2) is 0 Å². The minimum Gasteiger partial charge on any atom is -0.497 e. The Labute approximate surface area is 139 Å². The molecule has 0 unspecified atom stereocenters. The second-order valence-corrected chi connectivity index (χ2v) is 4.92. The Balaban J connectivity index is 0.00000264. The van der Waals surface area contributed by atoms with Gasteiger partial charge in [-0.05, 0) is 36.7 Å². The van der Waals surface area contributed by atoms with Gasteiger partial charge >= 0.3 is 6.18 Å². The van der Waals surface area contributed by atoms with Crippen molar-refractivity contribution >= 4 is 12.4 Å². The minimum atomic E-state index is -4.41. The highest BCUT2D eigenvalue weighted by molar-refractivity contribution is 5.85. The molecule has 0 aliphatic heterocycles. The number of aromatic nitrogens is 2. The molecule has 0 spiro atoms. The van der Waals surface area contributed by atoms with Crippen LogP contribution in [0.3, 0.4) is 0 Å². The Kier molecular flexibility index (Phi) is 6.90. The zero-order chi connectivity index (χ0) is 16.2. The average Bonchev–Trinajstić information content (AvgIpc) is 2.85. The normalized spacial score (nSPS) is 11.2. The smallest absolute Gasteiger partial charge is 0.435 e. The highest BCUT2D eigenvalue weighted by Crippen LogP contribution is 2.28. The number of benzene rings is 1. The molecule has 0 amide bonds. The van der Waals surface area contributed by atoms with Crippen LogP contribution in [-0.2, 0) is 26.2 Å². The van der Waals surface area contributed by atoms with Crippen LogP contribution in [0.15, 0.2) is 30.3 Å². The van der Waals surface area contributed by atoms with Gasteiger partial charge in [-0.15, -0.1) is 12.4 Å². The molecule has 0 saturated heterocycles. The van der Waals surface area contributed by atoms with E-state index in [1.54, 1.807) is 7.11 Å².